The maximum absolute atomic E-state index is 9.78. The zero-order valence-corrected chi connectivity index (χ0v) is 83.8. The van der Waals surface area contributed by atoms with Gasteiger partial charge in [0.25, 0.3) is 0 Å². The molecule has 0 unspecified atom stereocenters. The molecule has 0 saturated carbocycles. The summed E-state index contributed by atoms with van der Waals surface area (Å²) in [6, 6.07) is 74.7. The van der Waals surface area contributed by atoms with E-state index in [4.69, 9.17) is 5.11 Å². The second-order valence-electron chi connectivity index (χ2n) is 20.7. The van der Waals surface area contributed by atoms with E-state index in [0.717, 1.165) is 67.3 Å². The van der Waals surface area contributed by atoms with E-state index in [1.807, 2.05) is 204 Å². The van der Waals surface area contributed by atoms with Crippen LogP contribution < -0.4 is 0 Å². The molecule has 0 saturated heterocycles. The van der Waals surface area contributed by atoms with Crippen LogP contribution in [0.1, 0.15) is 55.6 Å². The summed E-state index contributed by atoms with van der Waals surface area (Å²) in [6.07, 6.45) is 10.1. The number of hydrogen-bond acceptors (Lipinski definition) is 12. The van der Waals surface area contributed by atoms with Gasteiger partial charge in [-0.3, -0.25) is 25.0 Å². The predicted octanol–water partition coefficient (Wildman–Crippen LogP) is 26.9. The molecule has 0 aliphatic heterocycles. The van der Waals surface area contributed by atoms with E-state index in [2.05, 4.69) is 179 Å². The maximum atomic E-state index is 9.78. The molecule has 0 fully saturated rings. The predicted molar refractivity (Wildman–Crippen MR) is 463 cm³/mol. The van der Waals surface area contributed by atoms with Crippen LogP contribution in [0, 0.1) is 42.5 Å². The van der Waals surface area contributed by atoms with Crippen LogP contribution in [-0.2, 0) is 98.6 Å². The molecule has 0 spiro atoms. The zero-order chi connectivity index (χ0) is 77.6. The molecule has 10 aromatic carbocycles. The molecule has 0 heterocycles. The Balaban J connectivity index is -0.000000560. The van der Waals surface area contributed by atoms with E-state index < -0.39 is 8.24 Å². The Morgan fingerprint density at radius 1 is 0.324 bits per heavy atom. The van der Waals surface area contributed by atoms with E-state index in [1.54, 1.807) is 105 Å². The van der Waals surface area contributed by atoms with Gasteiger partial charge in [-0.1, -0.05) is 139 Å². The molecule has 105 heavy (non-hydrogen) atoms. The molecule has 550 valence electrons. The van der Waals surface area contributed by atoms with Crippen LogP contribution in [0.2, 0.25) is 19.6 Å². The van der Waals surface area contributed by atoms with Crippen LogP contribution in [0.15, 0.2) is 272 Å². The minimum absolute atomic E-state index is 0. The summed E-state index contributed by atoms with van der Waals surface area (Å²) in [4.78, 5) is 21.0. The monoisotopic (exact) mass is 2190 g/mol. The molecule has 0 amide bonds. The molecular formula is C76H82Br8Cl2N6O6SiTi6. The van der Waals surface area contributed by atoms with Crippen molar-refractivity contribution < 1.29 is 129 Å². The number of halogens is 10. The number of nitrogens with zero attached hydrogens (tertiary/aromatic N) is 6. The van der Waals surface area contributed by atoms with E-state index in [0.29, 0.717) is 11.5 Å². The average Bonchev–Trinajstić information content (AvgIpc) is 0.876. The third-order valence-corrected chi connectivity index (χ3v) is 13.0. The van der Waals surface area contributed by atoms with Crippen LogP contribution >= 0.6 is 124 Å². The molecule has 6 N–H and O–H groups in total. The number of phenols is 6. The van der Waals surface area contributed by atoms with Crippen LogP contribution in [0.25, 0.3) is 0 Å². The molecule has 0 aliphatic carbocycles. The minimum atomic E-state index is -1.40. The number of hydrogen-bond donors (Lipinski definition) is 6. The number of benzene rings is 10. The van der Waals surface area contributed by atoms with Gasteiger partial charge in [-0.2, -0.15) is 0 Å². The number of para-hydroxylation sites is 8. The number of rotatable bonds is 11. The first kappa shape index (κ1) is 109. The topological polar surface area (TPSA) is 196 Å². The van der Waals surface area contributed by atoms with Crippen molar-refractivity contribution in [1.29, 1.82) is 0 Å². The molecule has 29 heteroatoms. The summed E-state index contributed by atoms with van der Waals surface area (Å²) in [5, 5.41) is 57.0. The van der Waals surface area contributed by atoms with E-state index >= 15 is 0 Å². The molecule has 0 radical (unpaired) electrons. The summed E-state index contributed by atoms with van der Waals surface area (Å²) in [5.41, 5.74) is 12.4. The summed E-state index contributed by atoms with van der Waals surface area (Å²) in [7, 11) is 9.55. The number of aromatic hydroxyl groups is 6. The van der Waals surface area contributed by atoms with Crippen LogP contribution in [0.5, 0.6) is 34.5 Å². The van der Waals surface area contributed by atoms with Crippen LogP contribution in [0.4, 0.5) is 22.7 Å². The van der Waals surface area contributed by atoms with Crippen LogP contribution in [-0.4, -0.2) is 83.2 Å². The fourth-order valence-electron chi connectivity index (χ4n) is 7.26. The normalized spacial score (nSPS) is 9.71. The summed E-state index contributed by atoms with van der Waals surface area (Å²) < 4.78 is 4.44. The quantitative estimate of drug-likeness (QED) is 0.0423. The average molecular weight is 2200 g/mol. The van der Waals surface area contributed by atoms with Gasteiger partial charge in [0.05, 0.1) is 22.7 Å². The zero-order valence-electron chi connectivity index (χ0n) is 59.2. The standard InChI is InChI=1S/C15H15NO.2C14H13NO.C13H11NO.C10H15NOSi.C8H9NO.2CH3.8BrH.2ClH.6Ti/c1-11-7-8-12(2)14(9-11)16-10-13-5-3-4-6-15(13)17;1-11-6-5-7-12(14(11)16)10-15-13-8-3-2-4-9-13;1-11-6-8-13(9-7-11)15-10-12-4-2-3-5-14(12)16;15-13-9-5-4-6-11(13)10-14-12-7-2-1-3-8-12;1-13(2,3)11-8-9-6-4-5-7-10(9)12;1-9-6-7-4-2-3-5-8(7)10;;;;;;;;;;;;;;;;;;/h3-10,17H,1-2H3;2*2-10,16H,1H3;1-10,15H;4-8,12H,1-3H3;2-6,10H,1H3;2*1H3;10*1H;;;;;;/q;;;;;;2*-1;;;;;;;;;;;6*+2/p-10. The van der Waals surface area contributed by atoms with Crippen molar-refractivity contribution in [2.75, 3.05) is 7.05 Å². The second-order valence-corrected chi connectivity index (χ2v) is 56.9. The van der Waals surface area contributed by atoms with Crippen molar-refractivity contribution in [3.05, 3.63) is 313 Å². The third kappa shape index (κ3) is 55.9. The van der Waals surface area contributed by atoms with Gasteiger partial charge in [0.1, 0.15) is 34.5 Å². The Morgan fingerprint density at radius 2 is 0.600 bits per heavy atom. The second kappa shape index (κ2) is 72.2. The van der Waals surface area contributed by atoms with E-state index in [9.17, 15) is 25.5 Å². The Kier molecular flexibility index (Phi) is 75.1. The summed E-state index contributed by atoms with van der Waals surface area (Å²) in [5.74, 6) is 1.61. The Bertz CT molecular complexity index is 4030. The molecule has 12 nitrogen and oxygen atoms in total. The molecular weight excluding hydrogens is 2120 g/mol. The van der Waals surface area contributed by atoms with Crippen LogP contribution in [0.3, 0.4) is 0 Å². The Hall–Kier alpha value is -2.06. The van der Waals surface area contributed by atoms with Gasteiger partial charge in [-0.25, -0.2) is 0 Å². The molecule has 0 aromatic heterocycles. The van der Waals surface area contributed by atoms with Gasteiger partial charge in [-0.15, -0.1) is 0 Å². The number of aryl methyl sites for hydroxylation is 4. The van der Waals surface area contributed by atoms with E-state index in [-0.39, 0.29) is 97.7 Å². The summed E-state index contributed by atoms with van der Waals surface area (Å²) in [6.45, 7) is 14.4. The van der Waals surface area contributed by atoms with Crippen molar-refractivity contribution in [1.82, 2.24) is 0 Å². The van der Waals surface area contributed by atoms with Crippen molar-refractivity contribution in [3.63, 3.8) is 0 Å². The van der Waals surface area contributed by atoms with Gasteiger partial charge in [-0.05, 0) is 173 Å². The number of phenolic OH excluding ortho intramolecular Hbond substituents is 6. The number of aliphatic imine (C=N–C) groups is 5. The molecule has 0 atom stereocenters. The van der Waals surface area contributed by atoms with Gasteiger partial charge >= 0.3 is 223 Å². The third-order valence-electron chi connectivity index (χ3n) is 12.1. The molecule has 10 rings (SSSR count). The SMILES string of the molecule is CN=Cc1ccccc1O.C[Si](C)(C)N=Cc1ccccc1O.Cc1ccc(C)c(N=Cc2ccccc2O)c1.Cc1ccc(N=Cc2ccccc2O)cc1.Cc1cccc(C=Nc2ccccc2)c1O.Oc1ccccc1C=Nc1ccccc1.[Br][Ti][Br].[Br][Ti][Br].[Br][Ti][Br].[Br][Ti][Br].[CH3-].[CH3-].[Cl][Ti+].[Cl][Ti+]. The first-order valence-corrected chi connectivity index (χ1v) is 68.5. The first-order valence-electron chi connectivity index (χ1n) is 29.8. The molecule has 10 aromatic rings. The van der Waals surface area contributed by atoms with E-state index in [1.165, 1.54) is 49.9 Å². The van der Waals surface area contributed by atoms with Crippen molar-refractivity contribution in [2.45, 2.75) is 47.3 Å². The van der Waals surface area contributed by atoms with Crippen molar-refractivity contribution in [2.24, 2.45) is 29.6 Å². The summed E-state index contributed by atoms with van der Waals surface area (Å²) >= 11 is 28.9. The van der Waals surface area contributed by atoms with Gasteiger partial charge < -0.3 is 50.2 Å². The van der Waals surface area contributed by atoms with Gasteiger partial charge in [0.15, 0.2) is 8.24 Å². The first-order chi connectivity index (χ1) is 49.5. The molecule has 0 bridgehead atoms. The van der Waals surface area contributed by atoms with Gasteiger partial charge in [0, 0.05) is 77.7 Å². The van der Waals surface area contributed by atoms with Crippen molar-refractivity contribution in [3.8, 4) is 34.5 Å². The fourth-order valence-corrected chi connectivity index (χ4v) is 7.79. The fraction of sp³-hybridized carbons (Fsp3) is 0.105. The van der Waals surface area contributed by atoms with Gasteiger partial charge in [0.2, 0.25) is 0 Å². The van der Waals surface area contributed by atoms with Crippen molar-refractivity contribution >= 4 is 192 Å². The molecule has 0 aliphatic rings. The Morgan fingerprint density at radius 3 is 0.933 bits per heavy atom. The Labute approximate surface area is 741 Å².